The number of aromatic nitrogens is 1. The van der Waals surface area contributed by atoms with Crippen LogP contribution in [0, 0.1) is 5.41 Å². The highest BCUT2D eigenvalue weighted by atomic mass is 32.1. The van der Waals surface area contributed by atoms with Gasteiger partial charge in [-0.2, -0.15) is 0 Å². The fraction of sp³-hybridized carbons (Fsp3) is 0.714. The Morgan fingerprint density at radius 1 is 1.53 bits per heavy atom. The Morgan fingerprint density at radius 3 is 2.68 bits per heavy atom. The molecule has 0 saturated carbocycles. The van der Waals surface area contributed by atoms with E-state index >= 15 is 0 Å². The summed E-state index contributed by atoms with van der Waals surface area (Å²) in [6.45, 7) is 11.0. The molecule has 108 valence electrons. The summed E-state index contributed by atoms with van der Waals surface area (Å²) in [7, 11) is 1.82. The zero-order chi connectivity index (χ0) is 14.6. The van der Waals surface area contributed by atoms with Crippen LogP contribution in [0.25, 0.3) is 0 Å². The number of carbonyl (C=O) groups is 1. The molecule has 0 aliphatic heterocycles. The fourth-order valence-electron chi connectivity index (χ4n) is 1.79. The van der Waals surface area contributed by atoms with Gasteiger partial charge in [-0.25, -0.2) is 4.98 Å². The molecule has 0 spiro atoms. The lowest BCUT2D eigenvalue weighted by molar-refractivity contribution is -0.138. The Kier molecular flexibility index (Phi) is 5.50. The number of hydrogen-bond donors (Lipinski definition) is 0. The Morgan fingerprint density at radius 2 is 2.16 bits per heavy atom. The van der Waals surface area contributed by atoms with E-state index in [1.165, 1.54) is 0 Å². The third-order valence-electron chi connectivity index (χ3n) is 2.72. The van der Waals surface area contributed by atoms with Crippen molar-refractivity contribution in [1.82, 2.24) is 9.88 Å². The minimum absolute atomic E-state index is 0.0207. The molecule has 1 aromatic heterocycles. The Hall–Kier alpha value is -0.940. The van der Waals surface area contributed by atoms with Gasteiger partial charge >= 0.3 is 0 Å². The second kappa shape index (κ2) is 6.48. The first kappa shape index (κ1) is 16.1. The van der Waals surface area contributed by atoms with Crippen LogP contribution in [0.4, 0.5) is 0 Å². The van der Waals surface area contributed by atoms with Gasteiger partial charge in [0.05, 0.1) is 12.2 Å². The van der Waals surface area contributed by atoms with Crippen LogP contribution < -0.4 is 0 Å². The first-order chi connectivity index (χ1) is 8.75. The molecule has 0 aliphatic carbocycles. The topological polar surface area (TPSA) is 42.4 Å². The second-order valence-corrected chi connectivity index (χ2v) is 6.58. The minimum atomic E-state index is -0.355. The smallest absolute Gasteiger partial charge is 0.228 e. The summed E-state index contributed by atoms with van der Waals surface area (Å²) in [4.78, 5) is 18.3. The molecule has 0 bridgehead atoms. The molecule has 1 rings (SSSR count). The van der Waals surface area contributed by atoms with Gasteiger partial charge in [-0.05, 0) is 13.8 Å². The standard InChI is InChI=1S/C14H24N2O2S/c1-7-18-10(2)12-15-11(9-19-12)8-16(6)13(17)14(3,4)5/h9-10H,7-8H2,1-6H3/t10-/m0/s1. The Balaban J connectivity index is 2.66. The minimum Gasteiger partial charge on any atom is -0.372 e. The third kappa shape index (κ3) is 4.58. The van der Waals surface area contributed by atoms with Crippen molar-refractivity contribution in [3.8, 4) is 0 Å². The maximum absolute atomic E-state index is 12.1. The SMILES string of the molecule is CCO[C@@H](C)c1nc(CN(C)C(=O)C(C)(C)C)cs1. The summed E-state index contributed by atoms with van der Waals surface area (Å²) < 4.78 is 5.52. The van der Waals surface area contributed by atoms with Gasteiger partial charge in [-0.3, -0.25) is 4.79 Å². The molecule has 19 heavy (non-hydrogen) atoms. The van der Waals surface area contributed by atoms with Gasteiger partial charge < -0.3 is 9.64 Å². The van der Waals surface area contributed by atoms with E-state index in [1.54, 1.807) is 16.2 Å². The number of thiazole rings is 1. The van der Waals surface area contributed by atoms with Crippen LogP contribution in [0.2, 0.25) is 0 Å². The molecule has 1 amide bonds. The van der Waals surface area contributed by atoms with Gasteiger partial charge in [0, 0.05) is 24.4 Å². The summed E-state index contributed by atoms with van der Waals surface area (Å²) in [5.41, 5.74) is 0.568. The molecule has 4 nitrogen and oxygen atoms in total. The van der Waals surface area contributed by atoms with Crippen molar-refractivity contribution in [2.24, 2.45) is 5.41 Å². The van der Waals surface area contributed by atoms with Gasteiger partial charge in [0.15, 0.2) is 0 Å². The summed E-state index contributed by atoms with van der Waals surface area (Å²) in [6, 6.07) is 0. The largest absolute Gasteiger partial charge is 0.372 e. The summed E-state index contributed by atoms with van der Waals surface area (Å²) in [5.74, 6) is 0.125. The molecular formula is C14H24N2O2S. The zero-order valence-electron chi connectivity index (χ0n) is 12.7. The number of nitrogens with zero attached hydrogens (tertiary/aromatic N) is 2. The molecule has 1 aromatic rings. The van der Waals surface area contributed by atoms with E-state index in [0.29, 0.717) is 13.2 Å². The third-order valence-corrected chi connectivity index (χ3v) is 3.78. The van der Waals surface area contributed by atoms with Gasteiger partial charge in [-0.1, -0.05) is 20.8 Å². The monoisotopic (exact) mass is 284 g/mol. The number of ether oxygens (including phenoxy) is 1. The van der Waals surface area contributed by atoms with Gasteiger partial charge in [0.1, 0.15) is 11.1 Å². The highest BCUT2D eigenvalue weighted by molar-refractivity contribution is 7.09. The van der Waals surface area contributed by atoms with E-state index in [-0.39, 0.29) is 17.4 Å². The molecule has 0 aliphatic rings. The quantitative estimate of drug-likeness (QED) is 0.833. The molecule has 0 unspecified atom stereocenters. The van der Waals surface area contributed by atoms with Crippen LogP contribution in [0.15, 0.2) is 5.38 Å². The number of amides is 1. The van der Waals surface area contributed by atoms with Crippen molar-refractivity contribution in [3.63, 3.8) is 0 Å². The highest BCUT2D eigenvalue weighted by Gasteiger charge is 2.25. The van der Waals surface area contributed by atoms with Crippen LogP contribution in [0.1, 0.15) is 51.4 Å². The van der Waals surface area contributed by atoms with E-state index in [0.717, 1.165) is 10.7 Å². The first-order valence-corrected chi connectivity index (χ1v) is 7.45. The molecular weight excluding hydrogens is 260 g/mol. The molecule has 0 aromatic carbocycles. The lowest BCUT2D eigenvalue weighted by Gasteiger charge is -2.25. The van der Waals surface area contributed by atoms with Gasteiger partial charge in [0.2, 0.25) is 5.91 Å². The molecule has 1 heterocycles. The van der Waals surface area contributed by atoms with E-state index in [2.05, 4.69) is 4.98 Å². The Labute approximate surface area is 119 Å². The summed E-state index contributed by atoms with van der Waals surface area (Å²) >= 11 is 1.58. The van der Waals surface area contributed by atoms with Crippen LogP contribution in [-0.4, -0.2) is 29.4 Å². The average Bonchev–Trinajstić information content (AvgIpc) is 2.75. The van der Waals surface area contributed by atoms with E-state index < -0.39 is 0 Å². The van der Waals surface area contributed by atoms with Crippen LogP contribution in [-0.2, 0) is 16.1 Å². The lowest BCUT2D eigenvalue weighted by Crippen LogP contribution is -2.36. The van der Waals surface area contributed by atoms with E-state index in [4.69, 9.17) is 4.74 Å². The van der Waals surface area contributed by atoms with Crippen LogP contribution in [0.3, 0.4) is 0 Å². The van der Waals surface area contributed by atoms with Crippen molar-refractivity contribution in [2.45, 2.75) is 47.3 Å². The molecule has 0 fully saturated rings. The second-order valence-electron chi connectivity index (χ2n) is 5.69. The van der Waals surface area contributed by atoms with Crippen molar-refractivity contribution in [1.29, 1.82) is 0 Å². The molecule has 0 radical (unpaired) electrons. The highest BCUT2D eigenvalue weighted by Crippen LogP contribution is 2.23. The van der Waals surface area contributed by atoms with Crippen LogP contribution in [0.5, 0.6) is 0 Å². The molecule has 5 heteroatoms. The predicted octanol–water partition coefficient (Wildman–Crippen LogP) is 3.25. The number of hydrogen-bond acceptors (Lipinski definition) is 4. The average molecular weight is 284 g/mol. The van der Waals surface area contributed by atoms with Crippen molar-refractivity contribution in [2.75, 3.05) is 13.7 Å². The van der Waals surface area contributed by atoms with Crippen molar-refractivity contribution in [3.05, 3.63) is 16.1 Å². The predicted molar refractivity (Wildman–Crippen MR) is 78.1 cm³/mol. The number of carbonyl (C=O) groups excluding carboxylic acids is 1. The zero-order valence-corrected chi connectivity index (χ0v) is 13.5. The van der Waals surface area contributed by atoms with Crippen molar-refractivity contribution < 1.29 is 9.53 Å². The van der Waals surface area contributed by atoms with Gasteiger partial charge in [-0.15, -0.1) is 11.3 Å². The Bertz CT molecular complexity index is 423. The fourth-order valence-corrected chi connectivity index (χ4v) is 2.60. The first-order valence-electron chi connectivity index (χ1n) is 6.57. The molecule has 1 atom stereocenters. The lowest BCUT2D eigenvalue weighted by atomic mass is 9.95. The van der Waals surface area contributed by atoms with Crippen molar-refractivity contribution >= 4 is 17.2 Å². The van der Waals surface area contributed by atoms with E-state index in [1.807, 2.05) is 47.0 Å². The normalized spacial score (nSPS) is 13.4. The van der Waals surface area contributed by atoms with Crippen LogP contribution >= 0.6 is 11.3 Å². The maximum Gasteiger partial charge on any atom is 0.228 e. The number of rotatable bonds is 5. The summed E-state index contributed by atoms with van der Waals surface area (Å²) in [5, 5.41) is 2.96. The summed E-state index contributed by atoms with van der Waals surface area (Å²) in [6.07, 6.45) is 0.0207. The van der Waals surface area contributed by atoms with E-state index in [9.17, 15) is 4.79 Å². The molecule has 0 N–H and O–H groups in total. The maximum atomic E-state index is 12.1. The van der Waals surface area contributed by atoms with Gasteiger partial charge in [0.25, 0.3) is 0 Å². The molecule has 0 saturated heterocycles.